The molecule has 0 radical (unpaired) electrons. The number of benzene rings is 1. The van der Waals surface area contributed by atoms with Gasteiger partial charge in [0.05, 0.1) is 24.6 Å². The second-order valence-corrected chi connectivity index (χ2v) is 6.23. The Balaban J connectivity index is 1.71. The number of anilines is 2. The summed E-state index contributed by atoms with van der Waals surface area (Å²) in [6, 6.07) is 9.38. The Hall–Kier alpha value is -1.22. The predicted octanol–water partition coefficient (Wildman–Crippen LogP) is 3.51. The van der Waals surface area contributed by atoms with Gasteiger partial charge in [0, 0.05) is 19.1 Å². The maximum absolute atomic E-state index is 5.46. The first-order chi connectivity index (χ1) is 9.83. The van der Waals surface area contributed by atoms with E-state index in [4.69, 9.17) is 4.74 Å². The van der Waals surface area contributed by atoms with Gasteiger partial charge in [0.25, 0.3) is 0 Å². The van der Waals surface area contributed by atoms with Crippen LogP contribution < -0.4 is 10.2 Å². The molecule has 3 nitrogen and oxygen atoms in total. The normalized spacial score (nSPS) is 27.4. The van der Waals surface area contributed by atoms with Crippen molar-refractivity contribution >= 4 is 11.4 Å². The van der Waals surface area contributed by atoms with E-state index in [1.54, 1.807) is 0 Å². The summed E-state index contributed by atoms with van der Waals surface area (Å²) < 4.78 is 5.46. The van der Waals surface area contributed by atoms with Gasteiger partial charge in [0.15, 0.2) is 0 Å². The highest BCUT2D eigenvalue weighted by Gasteiger charge is 2.21. The quantitative estimate of drug-likeness (QED) is 0.913. The van der Waals surface area contributed by atoms with Crippen LogP contribution in [0.25, 0.3) is 0 Å². The van der Waals surface area contributed by atoms with Gasteiger partial charge in [0.2, 0.25) is 0 Å². The van der Waals surface area contributed by atoms with E-state index >= 15 is 0 Å². The predicted molar refractivity (Wildman–Crippen MR) is 84.5 cm³/mol. The van der Waals surface area contributed by atoms with E-state index in [1.807, 2.05) is 0 Å². The van der Waals surface area contributed by atoms with Crippen molar-refractivity contribution in [2.75, 3.05) is 36.5 Å². The molecule has 20 heavy (non-hydrogen) atoms. The second-order valence-electron chi connectivity index (χ2n) is 6.23. The summed E-state index contributed by atoms with van der Waals surface area (Å²) >= 11 is 0. The van der Waals surface area contributed by atoms with Crippen molar-refractivity contribution in [2.24, 2.45) is 5.92 Å². The van der Waals surface area contributed by atoms with Crippen molar-refractivity contribution in [1.29, 1.82) is 0 Å². The third-order valence-corrected chi connectivity index (χ3v) is 4.55. The maximum atomic E-state index is 5.46. The van der Waals surface area contributed by atoms with E-state index < -0.39 is 0 Å². The fraction of sp³-hybridized carbons (Fsp3) is 0.647. The lowest BCUT2D eigenvalue weighted by atomic mass is 9.87. The summed E-state index contributed by atoms with van der Waals surface area (Å²) in [5.74, 6) is 0.858. The van der Waals surface area contributed by atoms with E-state index in [0.717, 1.165) is 32.2 Å². The lowest BCUT2D eigenvalue weighted by molar-refractivity contribution is 0.123. The molecule has 0 spiro atoms. The zero-order valence-corrected chi connectivity index (χ0v) is 12.5. The molecular formula is C17H26N2O. The van der Waals surface area contributed by atoms with Crippen molar-refractivity contribution in [2.45, 2.75) is 38.6 Å². The molecule has 2 aliphatic rings. The summed E-state index contributed by atoms with van der Waals surface area (Å²) in [4.78, 5) is 2.44. The summed E-state index contributed by atoms with van der Waals surface area (Å²) in [5.41, 5.74) is 2.64. The number of ether oxygens (including phenoxy) is 1. The number of hydrogen-bond donors (Lipinski definition) is 1. The molecule has 110 valence electrons. The van der Waals surface area contributed by atoms with Crippen LogP contribution in [0.2, 0.25) is 0 Å². The van der Waals surface area contributed by atoms with Crippen LogP contribution in [0.3, 0.4) is 0 Å². The first kappa shape index (κ1) is 13.7. The fourth-order valence-electron chi connectivity index (χ4n) is 3.46. The summed E-state index contributed by atoms with van der Waals surface area (Å²) in [6.45, 7) is 6.06. The molecule has 1 saturated heterocycles. The number of morpholine rings is 1. The minimum absolute atomic E-state index is 0.640. The zero-order valence-electron chi connectivity index (χ0n) is 12.5. The van der Waals surface area contributed by atoms with E-state index in [0.29, 0.717) is 6.04 Å². The van der Waals surface area contributed by atoms with Gasteiger partial charge in [-0.15, -0.1) is 0 Å². The molecule has 1 aromatic rings. The molecule has 1 saturated carbocycles. The molecule has 2 atom stereocenters. The maximum Gasteiger partial charge on any atom is 0.0642 e. The summed E-state index contributed by atoms with van der Waals surface area (Å²) in [6.07, 6.45) is 5.36. The molecule has 0 bridgehead atoms. The molecule has 3 heteroatoms. The van der Waals surface area contributed by atoms with E-state index in [1.165, 1.54) is 37.1 Å². The van der Waals surface area contributed by atoms with E-state index in [2.05, 4.69) is 41.4 Å². The highest BCUT2D eigenvalue weighted by molar-refractivity contribution is 5.70. The molecule has 1 N–H and O–H groups in total. The molecule has 1 aliphatic heterocycles. The molecule has 1 aliphatic carbocycles. The Morgan fingerprint density at radius 1 is 1.15 bits per heavy atom. The van der Waals surface area contributed by atoms with Crippen molar-refractivity contribution in [3.8, 4) is 0 Å². The van der Waals surface area contributed by atoms with Gasteiger partial charge in [-0.05, 0) is 30.9 Å². The molecule has 1 aromatic carbocycles. The number of nitrogens with one attached hydrogen (secondary N) is 1. The van der Waals surface area contributed by atoms with E-state index in [9.17, 15) is 0 Å². The van der Waals surface area contributed by atoms with E-state index in [-0.39, 0.29) is 0 Å². The fourth-order valence-corrected chi connectivity index (χ4v) is 3.46. The average Bonchev–Trinajstić information content (AvgIpc) is 2.49. The Morgan fingerprint density at radius 3 is 2.75 bits per heavy atom. The lowest BCUT2D eigenvalue weighted by Gasteiger charge is -2.33. The highest BCUT2D eigenvalue weighted by atomic mass is 16.5. The molecule has 3 rings (SSSR count). The Kier molecular flexibility index (Phi) is 4.46. The van der Waals surface area contributed by atoms with Crippen molar-refractivity contribution in [3.05, 3.63) is 24.3 Å². The van der Waals surface area contributed by atoms with Crippen LogP contribution in [0.1, 0.15) is 32.6 Å². The number of nitrogens with zero attached hydrogens (tertiary/aromatic N) is 1. The second kappa shape index (κ2) is 6.49. The first-order valence-corrected chi connectivity index (χ1v) is 8.01. The summed E-state index contributed by atoms with van der Waals surface area (Å²) in [5, 5.41) is 3.79. The Morgan fingerprint density at radius 2 is 1.95 bits per heavy atom. The summed E-state index contributed by atoms with van der Waals surface area (Å²) in [7, 11) is 0. The molecule has 1 heterocycles. The van der Waals surface area contributed by atoms with Gasteiger partial charge in [-0.3, -0.25) is 0 Å². The van der Waals surface area contributed by atoms with Gasteiger partial charge in [0.1, 0.15) is 0 Å². The third-order valence-electron chi connectivity index (χ3n) is 4.55. The molecule has 0 amide bonds. The van der Waals surface area contributed by atoms with Gasteiger partial charge in [-0.2, -0.15) is 0 Å². The van der Waals surface area contributed by atoms with Gasteiger partial charge in [-0.1, -0.05) is 31.9 Å². The van der Waals surface area contributed by atoms with Crippen LogP contribution in [-0.4, -0.2) is 32.3 Å². The first-order valence-electron chi connectivity index (χ1n) is 8.01. The van der Waals surface area contributed by atoms with Crippen LogP contribution in [0.4, 0.5) is 11.4 Å². The van der Waals surface area contributed by atoms with Crippen molar-refractivity contribution in [1.82, 2.24) is 0 Å². The van der Waals surface area contributed by atoms with Gasteiger partial charge in [-0.25, -0.2) is 0 Å². The van der Waals surface area contributed by atoms with Crippen LogP contribution in [0, 0.1) is 5.92 Å². The topological polar surface area (TPSA) is 24.5 Å². The molecule has 2 unspecified atom stereocenters. The SMILES string of the molecule is CC1CCCC(Nc2ccccc2N2CCOCC2)C1. The number of para-hydroxylation sites is 2. The largest absolute Gasteiger partial charge is 0.381 e. The Labute approximate surface area is 122 Å². The van der Waals surface area contributed by atoms with Gasteiger partial charge >= 0.3 is 0 Å². The minimum Gasteiger partial charge on any atom is -0.381 e. The molecular weight excluding hydrogens is 248 g/mol. The Bertz CT molecular complexity index is 429. The molecule has 0 aromatic heterocycles. The standard InChI is InChI=1S/C17H26N2O/c1-14-5-4-6-15(13-14)18-16-7-2-3-8-17(16)19-9-11-20-12-10-19/h2-3,7-8,14-15,18H,4-6,9-13H2,1H3. The smallest absolute Gasteiger partial charge is 0.0642 e. The van der Waals surface area contributed by atoms with Crippen molar-refractivity contribution < 1.29 is 4.74 Å². The van der Waals surface area contributed by atoms with Crippen LogP contribution in [-0.2, 0) is 4.74 Å². The molecule has 2 fully saturated rings. The van der Waals surface area contributed by atoms with Crippen molar-refractivity contribution in [3.63, 3.8) is 0 Å². The zero-order chi connectivity index (χ0) is 13.8. The van der Waals surface area contributed by atoms with Crippen LogP contribution >= 0.6 is 0 Å². The monoisotopic (exact) mass is 274 g/mol. The number of rotatable bonds is 3. The third kappa shape index (κ3) is 3.26. The van der Waals surface area contributed by atoms with Crippen LogP contribution in [0.5, 0.6) is 0 Å². The average molecular weight is 274 g/mol. The lowest BCUT2D eigenvalue weighted by Crippen LogP contribution is -2.37. The number of hydrogen-bond acceptors (Lipinski definition) is 3. The van der Waals surface area contributed by atoms with Crippen LogP contribution in [0.15, 0.2) is 24.3 Å². The van der Waals surface area contributed by atoms with Gasteiger partial charge < -0.3 is 15.0 Å². The highest BCUT2D eigenvalue weighted by Crippen LogP contribution is 2.31. The minimum atomic E-state index is 0.640.